The van der Waals surface area contributed by atoms with Crippen molar-refractivity contribution in [3.63, 3.8) is 0 Å². The molecular weight excluding hydrogens is 270 g/mol. The Hall–Kier alpha value is 0.921. The first-order valence-electron chi connectivity index (χ1n) is 1.46. The molecule has 12 heteroatoms. The third kappa shape index (κ3) is 1270. The first kappa shape index (κ1) is 23.1. The van der Waals surface area contributed by atoms with Crippen LogP contribution >= 0.6 is 15.6 Å². The van der Waals surface area contributed by atoms with Crippen LogP contribution in [0.3, 0.4) is 0 Å². The van der Waals surface area contributed by atoms with Gasteiger partial charge in [-0.1, -0.05) is 0 Å². The summed E-state index contributed by atoms with van der Waals surface area (Å²) in [6, 6.07) is 0. The molecule has 0 bridgehead atoms. The van der Waals surface area contributed by atoms with Gasteiger partial charge in [0, 0.05) is 0 Å². The smallest absolute Gasteiger partial charge is 0.822 e. The second-order valence-corrected chi connectivity index (χ2v) is 2.68. The average Bonchev–Trinajstić information content (AvgIpc) is 1.12. The molecule has 0 aliphatic carbocycles. The van der Waals surface area contributed by atoms with Crippen molar-refractivity contribution in [3.8, 4) is 0 Å². The van der Waals surface area contributed by atoms with E-state index in [2.05, 4.69) is 0 Å². The summed E-state index contributed by atoms with van der Waals surface area (Å²) in [5.41, 5.74) is 0. The van der Waals surface area contributed by atoms with Crippen LogP contribution in [0.5, 0.6) is 0 Å². The molecule has 0 aromatic carbocycles. The Labute approximate surface area is 82.7 Å². The van der Waals surface area contributed by atoms with Gasteiger partial charge in [0.1, 0.15) is 0 Å². The third-order valence-electron chi connectivity index (χ3n) is 0. The Morgan fingerprint density at radius 1 is 0.667 bits per heavy atom. The fourth-order valence-corrected chi connectivity index (χ4v) is 0. The van der Waals surface area contributed by atoms with Crippen LogP contribution in [-0.4, -0.2) is 28.2 Å². The molecule has 12 heavy (non-hydrogen) atoms. The summed E-state index contributed by atoms with van der Waals surface area (Å²) in [6.45, 7) is 0. The quantitative estimate of drug-likeness (QED) is 0.308. The van der Waals surface area contributed by atoms with Crippen molar-refractivity contribution < 1.29 is 38.5 Å². The maximum atomic E-state index is 8.55. The molecule has 0 saturated heterocycles. The van der Waals surface area contributed by atoms with Gasteiger partial charge in [0.15, 0.2) is 0 Å². The van der Waals surface area contributed by atoms with Gasteiger partial charge in [-0.05, 0) is 0 Å². The summed E-state index contributed by atoms with van der Waals surface area (Å²) in [5.74, 6) is 0. The minimum absolute atomic E-state index is 0. The van der Waals surface area contributed by atoms with Gasteiger partial charge in [0.25, 0.3) is 0 Å². The normalized spacial score (nSPS) is 9.83. The van der Waals surface area contributed by atoms with E-state index < -0.39 is 15.6 Å². The fourth-order valence-electron chi connectivity index (χ4n) is 0. The molecule has 0 fully saturated rings. The zero-order chi connectivity index (χ0) is 9.00. The summed E-state index contributed by atoms with van der Waals surface area (Å²) in [6.07, 6.45) is 0. The van der Waals surface area contributed by atoms with Gasteiger partial charge in [-0.3, -0.25) is 0 Å². The molecule has 0 amide bonds. The van der Waals surface area contributed by atoms with Crippen LogP contribution in [0.25, 0.3) is 0 Å². The largest absolute Gasteiger partial charge is 3.00 e. The monoisotopic (exact) mass is 270 g/mol. The Morgan fingerprint density at radius 3 is 0.667 bits per heavy atom. The molecule has 0 spiro atoms. The fraction of sp³-hybridized carbons (Fsp3) is 0. The minimum atomic E-state index is -5.39. The predicted molar refractivity (Wildman–Crippen MR) is 26.7 cm³/mol. The summed E-state index contributed by atoms with van der Waals surface area (Å²) >= 11 is 0. The number of hydrogen-bond acceptors (Lipinski definition) is 8. The Bertz CT molecular complexity index is 129. The molecular formula is BGaO8P2. The molecule has 0 radical (unpaired) electrons. The van der Waals surface area contributed by atoms with Crippen LogP contribution in [0.2, 0.25) is 0 Å². The number of hydrogen-bond donors (Lipinski definition) is 0. The molecule has 0 unspecified atom stereocenters. The Balaban J connectivity index is -0.0000000457. The van der Waals surface area contributed by atoms with Gasteiger partial charge in [-0.25, -0.2) is 0 Å². The second-order valence-electron chi connectivity index (χ2n) is 0.894. The van der Waals surface area contributed by atoms with E-state index in [1.165, 1.54) is 0 Å². The van der Waals surface area contributed by atoms with Crippen molar-refractivity contribution in [1.29, 1.82) is 0 Å². The van der Waals surface area contributed by atoms with E-state index in [0.29, 0.717) is 0 Å². The minimum Gasteiger partial charge on any atom is -0.822 e. The van der Waals surface area contributed by atoms with Crippen molar-refractivity contribution in [2.45, 2.75) is 0 Å². The molecule has 0 saturated carbocycles. The van der Waals surface area contributed by atoms with Crippen LogP contribution in [0, 0.1) is 0 Å². The summed E-state index contributed by atoms with van der Waals surface area (Å²) in [5, 5.41) is 0. The zero-order valence-electron chi connectivity index (χ0n) is 5.32. The van der Waals surface area contributed by atoms with Crippen LogP contribution in [0.4, 0.5) is 0 Å². The van der Waals surface area contributed by atoms with Crippen LogP contribution < -0.4 is 29.4 Å². The number of rotatable bonds is 0. The maximum absolute atomic E-state index is 8.55. The average molecular weight is 270 g/mol. The topological polar surface area (TPSA) is 172 Å². The van der Waals surface area contributed by atoms with E-state index in [0.717, 1.165) is 0 Å². The molecule has 0 atom stereocenters. The molecule has 0 heterocycles. The van der Waals surface area contributed by atoms with E-state index in [1.807, 2.05) is 0 Å². The van der Waals surface area contributed by atoms with E-state index >= 15 is 0 Å². The molecule has 0 aliphatic rings. The van der Waals surface area contributed by atoms with Crippen molar-refractivity contribution in [2.24, 2.45) is 0 Å². The summed E-state index contributed by atoms with van der Waals surface area (Å²) < 4.78 is 17.1. The molecule has 8 nitrogen and oxygen atoms in total. The van der Waals surface area contributed by atoms with Crippen molar-refractivity contribution >= 4 is 43.8 Å². The molecule has 0 N–H and O–H groups in total. The molecule has 0 rings (SSSR count). The van der Waals surface area contributed by atoms with Crippen molar-refractivity contribution in [3.05, 3.63) is 0 Å². The van der Waals surface area contributed by atoms with Crippen LogP contribution in [0.1, 0.15) is 0 Å². The Morgan fingerprint density at radius 2 is 0.667 bits per heavy atom. The first-order valence-corrected chi connectivity index (χ1v) is 4.38. The summed E-state index contributed by atoms with van der Waals surface area (Å²) in [7, 11) is -10.8. The van der Waals surface area contributed by atoms with E-state index in [-0.39, 0.29) is 28.2 Å². The van der Waals surface area contributed by atoms with Gasteiger partial charge >= 0.3 is 28.2 Å². The van der Waals surface area contributed by atoms with E-state index in [9.17, 15) is 0 Å². The van der Waals surface area contributed by atoms with E-state index in [4.69, 9.17) is 38.5 Å². The van der Waals surface area contributed by atoms with Gasteiger partial charge in [0.2, 0.25) is 0 Å². The van der Waals surface area contributed by atoms with Gasteiger partial charge in [0.05, 0.1) is 0 Å². The first-order chi connectivity index (χ1) is 4.00. The molecule has 0 aromatic heterocycles. The standard InChI is InChI=1S/B.Ga.2H3O4P/c;;2*1-5(2,3)4/h;;2*(H3,1,2,3,4)/q2*+3;;/p-6. The van der Waals surface area contributed by atoms with E-state index in [1.54, 1.807) is 0 Å². The number of phosphoric acid groups is 2. The molecule has 0 aromatic rings. The second kappa shape index (κ2) is 8.52. The van der Waals surface area contributed by atoms with Gasteiger partial charge in [-0.2, -0.15) is 15.6 Å². The molecule has 64 valence electrons. The van der Waals surface area contributed by atoms with Crippen molar-refractivity contribution in [2.75, 3.05) is 0 Å². The summed E-state index contributed by atoms with van der Waals surface area (Å²) in [4.78, 5) is 51.3. The Kier molecular flexibility index (Phi) is 16.4. The van der Waals surface area contributed by atoms with Crippen LogP contribution in [-0.2, 0) is 9.13 Å². The maximum Gasteiger partial charge on any atom is 3.00 e. The van der Waals surface area contributed by atoms with Gasteiger partial charge in [-0.15, -0.1) is 0 Å². The zero-order valence-corrected chi connectivity index (χ0v) is 9.53. The van der Waals surface area contributed by atoms with Crippen molar-refractivity contribution in [1.82, 2.24) is 0 Å². The SMILES string of the molecule is O=P([O-])([O-])[O-].O=P([O-])([O-])[O-].[B+3].[Ga+3]. The molecule has 0 aliphatic heterocycles. The van der Waals surface area contributed by atoms with Gasteiger partial charge < -0.3 is 38.5 Å². The third-order valence-corrected chi connectivity index (χ3v) is 0. The van der Waals surface area contributed by atoms with Crippen LogP contribution in [0.15, 0.2) is 0 Å². The predicted octanol–water partition coefficient (Wildman–Crippen LogP) is -6.41.